The molecule has 0 spiro atoms. The van der Waals surface area contributed by atoms with Crippen molar-refractivity contribution in [2.24, 2.45) is 0 Å². The molecular weight excluding hydrogens is 280 g/mol. The zero-order valence-electron chi connectivity index (χ0n) is 14.0. The zero-order valence-corrected chi connectivity index (χ0v) is 14.0. The van der Waals surface area contributed by atoms with Crippen LogP contribution in [0, 0.1) is 0 Å². The molecule has 1 fully saturated rings. The summed E-state index contributed by atoms with van der Waals surface area (Å²) in [6.07, 6.45) is 1.65. The predicted octanol–water partition coefficient (Wildman–Crippen LogP) is 1.23. The molecule has 22 heavy (non-hydrogen) atoms. The second kappa shape index (κ2) is 5.94. The summed E-state index contributed by atoms with van der Waals surface area (Å²) in [7, 11) is 3.86. The van der Waals surface area contributed by atoms with Gasteiger partial charge in [-0.2, -0.15) is 0 Å². The summed E-state index contributed by atoms with van der Waals surface area (Å²) >= 11 is 0. The fraction of sp³-hybridized carbons (Fsp3) is 0.562. The van der Waals surface area contributed by atoms with Gasteiger partial charge in [-0.3, -0.25) is 14.6 Å². The molecule has 2 rings (SSSR count). The minimum atomic E-state index is -0.406. The van der Waals surface area contributed by atoms with E-state index >= 15 is 0 Å². The molecule has 0 N–H and O–H groups in total. The summed E-state index contributed by atoms with van der Waals surface area (Å²) in [5, 5.41) is 0. The van der Waals surface area contributed by atoms with Crippen LogP contribution >= 0.6 is 0 Å². The summed E-state index contributed by atoms with van der Waals surface area (Å²) in [6.45, 7) is 7.17. The lowest BCUT2D eigenvalue weighted by atomic mass is 9.98. The van der Waals surface area contributed by atoms with Gasteiger partial charge in [0.1, 0.15) is 5.69 Å². The molecule has 120 valence electrons. The van der Waals surface area contributed by atoms with Gasteiger partial charge in [-0.25, -0.2) is 0 Å². The first kappa shape index (κ1) is 16.3. The highest BCUT2D eigenvalue weighted by Gasteiger charge is 2.38. The number of rotatable bonds is 2. The minimum absolute atomic E-state index is 0.0490. The van der Waals surface area contributed by atoms with E-state index in [4.69, 9.17) is 0 Å². The average molecular weight is 304 g/mol. The van der Waals surface area contributed by atoms with Gasteiger partial charge < -0.3 is 14.7 Å². The Kier molecular flexibility index (Phi) is 4.39. The number of amides is 2. The van der Waals surface area contributed by atoms with E-state index in [0.717, 1.165) is 5.69 Å². The summed E-state index contributed by atoms with van der Waals surface area (Å²) in [4.78, 5) is 34.1. The van der Waals surface area contributed by atoms with Crippen LogP contribution in [0.4, 0.5) is 5.69 Å². The SMILES string of the molecule is CC(=O)N1CCN(C(=O)c2cc(N(C)C)ccn2)C(C)(C)C1. The molecular formula is C16H24N4O2. The van der Waals surface area contributed by atoms with E-state index in [2.05, 4.69) is 4.98 Å². The van der Waals surface area contributed by atoms with E-state index in [9.17, 15) is 9.59 Å². The largest absolute Gasteiger partial charge is 0.378 e. The molecule has 1 aromatic heterocycles. The van der Waals surface area contributed by atoms with E-state index in [1.807, 2.05) is 43.8 Å². The first-order chi connectivity index (χ1) is 10.2. The number of pyridine rings is 1. The molecule has 0 aromatic carbocycles. The number of aromatic nitrogens is 1. The van der Waals surface area contributed by atoms with Crippen molar-refractivity contribution in [2.45, 2.75) is 26.3 Å². The maximum absolute atomic E-state index is 12.8. The maximum Gasteiger partial charge on any atom is 0.273 e. The molecule has 1 saturated heterocycles. The van der Waals surface area contributed by atoms with Gasteiger partial charge in [-0.1, -0.05) is 0 Å². The monoisotopic (exact) mass is 304 g/mol. The molecule has 0 saturated carbocycles. The van der Waals surface area contributed by atoms with E-state index in [0.29, 0.717) is 25.3 Å². The fourth-order valence-corrected chi connectivity index (χ4v) is 2.75. The number of anilines is 1. The van der Waals surface area contributed by atoms with E-state index in [-0.39, 0.29) is 11.8 Å². The molecule has 2 amide bonds. The topological polar surface area (TPSA) is 56.8 Å². The zero-order chi connectivity index (χ0) is 16.5. The third kappa shape index (κ3) is 3.21. The van der Waals surface area contributed by atoms with Crippen molar-refractivity contribution in [3.63, 3.8) is 0 Å². The molecule has 0 radical (unpaired) electrons. The van der Waals surface area contributed by atoms with Gasteiger partial charge in [0.05, 0.1) is 5.54 Å². The fourth-order valence-electron chi connectivity index (χ4n) is 2.75. The first-order valence-electron chi connectivity index (χ1n) is 7.43. The van der Waals surface area contributed by atoms with Crippen molar-refractivity contribution in [2.75, 3.05) is 38.6 Å². The first-order valence-corrected chi connectivity index (χ1v) is 7.43. The van der Waals surface area contributed by atoms with Gasteiger partial charge in [0.15, 0.2) is 0 Å². The van der Waals surface area contributed by atoms with Crippen LogP contribution in [0.3, 0.4) is 0 Å². The Balaban J connectivity index is 2.22. The van der Waals surface area contributed by atoms with Crippen LogP contribution in [0.25, 0.3) is 0 Å². The maximum atomic E-state index is 12.8. The average Bonchev–Trinajstić information content (AvgIpc) is 2.45. The molecule has 0 unspecified atom stereocenters. The van der Waals surface area contributed by atoms with Crippen molar-refractivity contribution in [1.29, 1.82) is 0 Å². The molecule has 0 aliphatic carbocycles. The van der Waals surface area contributed by atoms with Crippen LogP contribution in [-0.4, -0.2) is 65.9 Å². The van der Waals surface area contributed by atoms with Crippen LogP contribution in [0.15, 0.2) is 18.3 Å². The molecule has 1 aliphatic rings. The summed E-state index contributed by atoms with van der Waals surface area (Å²) in [5.41, 5.74) is 0.977. The number of hydrogen-bond donors (Lipinski definition) is 0. The Morgan fingerprint density at radius 3 is 2.50 bits per heavy atom. The predicted molar refractivity (Wildman–Crippen MR) is 85.9 cm³/mol. The molecule has 0 bridgehead atoms. The lowest BCUT2D eigenvalue weighted by molar-refractivity contribution is -0.133. The van der Waals surface area contributed by atoms with Crippen molar-refractivity contribution >= 4 is 17.5 Å². The Morgan fingerprint density at radius 2 is 1.95 bits per heavy atom. The Bertz CT molecular complexity index is 583. The second-order valence-electron chi connectivity index (χ2n) is 6.50. The number of piperazine rings is 1. The molecule has 0 atom stereocenters. The van der Waals surface area contributed by atoms with Crippen LogP contribution in [0.5, 0.6) is 0 Å². The number of carbonyl (C=O) groups excluding carboxylic acids is 2. The summed E-state index contributed by atoms with van der Waals surface area (Å²) < 4.78 is 0. The lowest BCUT2D eigenvalue weighted by Gasteiger charge is -2.46. The Labute approximate surface area is 131 Å². The summed E-state index contributed by atoms with van der Waals surface area (Å²) in [6, 6.07) is 3.67. The van der Waals surface area contributed by atoms with Crippen LogP contribution in [-0.2, 0) is 4.79 Å². The van der Waals surface area contributed by atoms with E-state index in [1.165, 1.54) is 0 Å². The normalized spacial score (nSPS) is 17.3. The molecule has 2 heterocycles. The molecule has 1 aliphatic heterocycles. The highest BCUT2D eigenvalue weighted by Crippen LogP contribution is 2.24. The second-order valence-corrected chi connectivity index (χ2v) is 6.50. The van der Waals surface area contributed by atoms with Crippen molar-refractivity contribution < 1.29 is 9.59 Å². The third-order valence-electron chi connectivity index (χ3n) is 4.07. The van der Waals surface area contributed by atoms with Crippen molar-refractivity contribution in [1.82, 2.24) is 14.8 Å². The van der Waals surface area contributed by atoms with Gasteiger partial charge in [-0.15, -0.1) is 0 Å². The van der Waals surface area contributed by atoms with Gasteiger partial charge >= 0.3 is 0 Å². The van der Waals surface area contributed by atoms with Gasteiger partial charge in [0, 0.05) is 52.5 Å². The van der Waals surface area contributed by atoms with E-state index < -0.39 is 5.54 Å². The number of nitrogens with zero attached hydrogens (tertiary/aromatic N) is 4. The van der Waals surface area contributed by atoms with E-state index in [1.54, 1.807) is 24.1 Å². The lowest BCUT2D eigenvalue weighted by Crippen LogP contribution is -2.61. The molecule has 1 aromatic rings. The molecule has 6 heteroatoms. The van der Waals surface area contributed by atoms with Crippen LogP contribution in [0.1, 0.15) is 31.3 Å². The van der Waals surface area contributed by atoms with Crippen molar-refractivity contribution in [3.05, 3.63) is 24.0 Å². The minimum Gasteiger partial charge on any atom is -0.378 e. The number of hydrogen-bond acceptors (Lipinski definition) is 4. The van der Waals surface area contributed by atoms with Crippen LogP contribution < -0.4 is 4.90 Å². The van der Waals surface area contributed by atoms with Crippen LogP contribution in [0.2, 0.25) is 0 Å². The Hall–Kier alpha value is -2.11. The third-order valence-corrected chi connectivity index (χ3v) is 4.07. The number of carbonyl (C=O) groups is 2. The highest BCUT2D eigenvalue weighted by atomic mass is 16.2. The van der Waals surface area contributed by atoms with Gasteiger partial charge in [0.2, 0.25) is 5.91 Å². The quantitative estimate of drug-likeness (QED) is 0.824. The summed E-state index contributed by atoms with van der Waals surface area (Å²) in [5.74, 6) is -0.0372. The van der Waals surface area contributed by atoms with Gasteiger partial charge in [-0.05, 0) is 26.0 Å². The highest BCUT2D eigenvalue weighted by molar-refractivity contribution is 5.94. The van der Waals surface area contributed by atoms with Crippen molar-refractivity contribution in [3.8, 4) is 0 Å². The Morgan fingerprint density at radius 1 is 1.27 bits per heavy atom. The standard InChI is InChI=1S/C16H24N4O2/c1-12(21)19-8-9-20(16(2,3)11-19)15(22)14-10-13(18(4)5)6-7-17-14/h6-7,10H,8-9,11H2,1-5H3. The smallest absolute Gasteiger partial charge is 0.273 e. The van der Waals surface area contributed by atoms with Gasteiger partial charge in [0.25, 0.3) is 5.91 Å². The molecule has 6 nitrogen and oxygen atoms in total.